The molecule has 1 heterocycles. The zero-order valence-electron chi connectivity index (χ0n) is 17.6. The highest BCUT2D eigenvalue weighted by atomic mass is 16.5. The molecule has 0 atom stereocenters. The van der Waals surface area contributed by atoms with E-state index in [1.165, 1.54) is 0 Å². The fourth-order valence-corrected chi connectivity index (χ4v) is 4.96. The molecule has 0 saturated carbocycles. The quantitative estimate of drug-likeness (QED) is 0.665. The van der Waals surface area contributed by atoms with Crippen LogP contribution in [0, 0.1) is 0 Å². The van der Waals surface area contributed by atoms with Gasteiger partial charge in [0.25, 0.3) is 0 Å². The summed E-state index contributed by atoms with van der Waals surface area (Å²) >= 11 is 0. The number of nitrogens with zero attached hydrogens (tertiary/aromatic N) is 1. The van der Waals surface area contributed by atoms with Crippen LogP contribution in [0.5, 0.6) is 5.75 Å². The van der Waals surface area contributed by atoms with Crippen molar-refractivity contribution in [2.24, 2.45) is 0 Å². The molecule has 0 amide bonds. The van der Waals surface area contributed by atoms with E-state index in [2.05, 4.69) is 0 Å². The normalized spacial score (nSPS) is 19.1. The van der Waals surface area contributed by atoms with Crippen LogP contribution >= 0.6 is 0 Å². The molecule has 2 N–H and O–H groups in total. The predicted octanol–water partition coefficient (Wildman–Crippen LogP) is 3.04. The summed E-state index contributed by atoms with van der Waals surface area (Å²) in [5.74, 6) is -2.27. The molecule has 2 aliphatic carbocycles. The average Bonchev–Trinajstić information content (AvgIpc) is 2.76. The zero-order valence-corrected chi connectivity index (χ0v) is 17.6. The molecule has 0 radical (unpaired) electrons. The number of rotatable bonds is 7. The Balaban J connectivity index is 1.84. The summed E-state index contributed by atoms with van der Waals surface area (Å²) < 4.78 is 5.33. The summed E-state index contributed by atoms with van der Waals surface area (Å²) in [4.78, 5) is 50.3. The molecular weight excluding hydrogens is 414 g/mol. The van der Waals surface area contributed by atoms with Crippen molar-refractivity contribution >= 4 is 23.5 Å². The lowest BCUT2D eigenvalue weighted by Crippen LogP contribution is -2.39. The lowest BCUT2D eigenvalue weighted by molar-refractivity contribution is -0.139. The highest BCUT2D eigenvalue weighted by Gasteiger charge is 2.43. The third kappa shape index (κ3) is 4.17. The number of ether oxygens (including phenoxy) is 1. The van der Waals surface area contributed by atoms with Crippen LogP contribution in [0.4, 0.5) is 0 Å². The van der Waals surface area contributed by atoms with E-state index >= 15 is 0 Å². The molecule has 0 fully saturated rings. The number of hydrogen-bond acceptors (Lipinski definition) is 6. The molecule has 0 unspecified atom stereocenters. The number of ketones is 2. The first-order chi connectivity index (χ1) is 15.4. The first-order valence-corrected chi connectivity index (χ1v) is 10.8. The van der Waals surface area contributed by atoms with Gasteiger partial charge in [0.2, 0.25) is 0 Å². The van der Waals surface area contributed by atoms with Crippen LogP contribution < -0.4 is 4.74 Å². The number of aliphatic carboxylic acids is 2. The Bertz CT molecular complexity index is 1010. The van der Waals surface area contributed by atoms with E-state index in [0.717, 1.165) is 11.4 Å². The predicted molar refractivity (Wildman–Crippen MR) is 113 cm³/mol. The molecule has 4 rings (SSSR count). The van der Waals surface area contributed by atoms with E-state index in [1.807, 2.05) is 11.0 Å². The van der Waals surface area contributed by atoms with E-state index < -0.39 is 24.5 Å². The molecule has 0 bridgehead atoms. The molecule has 0 saturated heterocycles. The second-order valence-corrected chi connectivity index (χ2v) is 8.26. The highest BCUT2D eigenvalue weighted by molar-refractivity contribution is 6.06. The summed E-state index contributed by atoms with van der Waals surface area (Å²) in [6.45, 7) is -0.265. The van der Waals surface area contributed by atoms with E-state index in [4.69, 9.17) is 9.84 Å². The number of hydrogen-bond donors (Lipinski definition) is 2. The average molecular weight is 439 g/mol. The summed E-state index contributed by atoms with van der Waals surface area (Å²) in [5.41, 5.74) is 3.46. The summed E-state index contributed by atoms with van der Waals surface area (Å²) in [5, 5.41) is 18.2. The SMILES string of the molecule is O=C(O)CCN1C2=C(C(=O)CCC2)C(c2cccc(OCC(=O)O)c2)C2=C1CCCC2=O. The number of carbonyl (C=O) groups is 4. The fraction of sp³-hybridized carbons (Fsp3) is 0.417. The number of Topliss-reactive ketones (excluding diaryl/α,β-unsaturated/α-hetero) is 2. The molecular formula is C24H25NO7. The highest BCUT2D eigenvalue weighted by Crippen LogP contribution is 2.49. The van der Waals surface area contributed by atoms with Crippen LogP contribution in [0.2, 0.25) is 0 Å². The van der Waals surface area contributed by atoms with Crippen molar-refractivity contribution in [3.05, 3.63) is 52.4 Å². The van der Waals surface area contributed by atoms with Gasteiger partial charge in [0.1, 0.15) is 5.75 Å². The van der Waals surface area contributed by atoms with E-state index in [1.54, 1.807) is 18.2 Å². The minimum Gasteiger partial charge on any atom is -0.482 e. The van der Waals surface area contributed by atoms with E-state index in [-0.39, 0.29) is 24.5 Å². The van der Waals surface area contributed by atoms with Crippen LogP contribution in [-0.2, 0) is 19.2 Å². The number of benzene rings is 1. The van der Waals surface area contributed by atoms with E-state index in [9.17, 15) is 24.3 Å². The largest absolute Gasteiger partial charge is 0.482 e. The van der Waals surface area contributed by atoms with Crippen LogP contribution in [-0.4, -0.2) is 51.8 Å². The van der Waals surface area contributed by atoms with Gasteiger partial charge in [-0.3, -0.25) is 14.4 Å². The maximum absolute atomic E-state index is 13.1. The summed E-state index contributed by atoms with van der Waals surface area (Å²) in [6, 6.07) is 6.89. The molecule has 1 aliphatic heterocycles. The van der Waals surface area contributed by atoms with Gasteiger partial charge in [-0.05, 0) is 43.4 Å². The smallest absolute Gasteiger partial charge is 0.341 e. The van der Waals surface area contributed by atoms with E-state index in [0.29, 0.717) is 61.0 Å². The molecule has 32 heavy (non-hydrogen) atoms. The van der Waals surface area contributed by atoms with Crippen LogP contribution in [0.3, 0.4) is 0 Å². The van der Waals surface area contributed by atoms with Crippen molar-refractivity contribution in [2.75, 3.05) is 13.2 Å². The topological polar surface area (TPSA) is 121 Å². The molecule has 1 aromatic rings. The van der Waals surface area contributed by atoms with Gasteiger partial charge in [-0.15, -0.1) is 0 Å². The fourth-order valence-electron chi connectivity index (χ4n) is 4.96. The van der Waals surface area contributed by atoms with Gasteiger partial charge in [0, 0.05) is 47.8 Å². The molecule has 8 nitrogen and oxygen atoms in total. The number of allylic oxidation sites excluding steroid dienone is 4. The Kier molecular flexibility index (Phi) is 6.12. The van der Waals surface area contributed by atoms with Gasteiger partial charge in [-0.1, -0.05) is 12.1 Å². The minimum atomic E-state index is -1.10. The van der Waals surface area contributed by atoms with Crippen LogP contribution in [0.15, 0.2) is 46.8 Å². The van der Waals surface area contributed by atoms with Gasteiger partial charge < -0.3 is 19.8 Å². The maximum atomic E-state index is 13.1. The first-order valence-electron chi connectivity index (χ1n) is 10.8. The monoisotopic (exact) mass is 439 g/mol. The maximum Gasteiger partial charge on any atom is 0.341 e. The Hall–Kier alpha value is -3.42. The second-order valence-electron chi connectivity index (χ2n) is 8.26. The van der Waals surface area contributed by atoms with Crippen molar-refractivity contribution in [3.8, 4) is 5.75 Å². The Labute approximate surface area is 185 Å². The van der Waals surface area contributed by atoms with Gasteiger partial charge in [-0.25, -0.2) is 4.79 Å². The standard InChI is InChI=1S/C24H25NO7/c26-18-8-2-6-16-23(18)22(14-4-1-5-15(12-14)32-13-21(30)31)24-17(7-3-9-19(24)27)25(16)11-10-20(28)29/h1,4-5,12,22H,2-3,6-11,13H2,(H,28,29)(H,30,31). The minimum absolute atomic E-state index is 0.0293. The van der Waals surface area contributed by atoms with Crippen molar-refractivity contribution < 1.29 is 34.1 Å². The van der Waals surface area contributed by atoms with Gasteiger partial charge in [0.15, 0.2) is 18.2 Å². The Morgan fingerprint density at radius 1 is 0.938 bits per heavy atom. The second kappa shape index (κ2) is 8.98. The molecule has 3 aliphatic rings. The van der Waals surface area contributed by atoms with Crippen molar-refractivity contribution in [1.82, 2.24) is 4.90 Å². The number of carbonyl (C=O) groups excluding carboxylic acids is 2. The van der Waals surface area contributed by atoms with Gasteiger partial charge >= 0.3 is 11.9 Å². The lowest BCUT2D eigenvalue weighted by Gasteiger charge is -2.44. The van der Waals surface area contributed by atoms with Crippen molar-refractivity contribution in [2.45, 2.75) is 50.9 Å². The summed E-state index contributed by atoms with van der Waals surface area (Å²) in [7, 11) is 0. The molecule has 0 aromatic heterocycles. The zero-order chi connectivity index (χ0) is 22.8. The number of carboxylic acids is 2. The van der Waals surface area contributed by atoms with Gasteiger partial charge in [0.05, 0.1) is 6.42 Å². The molecule has 0 spiro atoms. The molecule has 1 aromatic carbocycles. The van der Waals surface area contributed by atoms with Crippen molar-refractivity contribution in [1.29, 1.82) is 0 Å². The van der Waals surface area contributed by atoms with Crippen LogP contribution in [0.1, 0.15) is 56.4 Å². The third-order valence-corrected chi connectivity index (χ3v) is 6.19. The van der Waals surface area contributed by atoms with Gasteiger partial charge in [-0.2, -0.15) is 0 Å². The molecule has 8 heteroatoms. The number of carboxylic acid groups (broad SMARTS) is 2. The Morgan fingerprint density at radius 3 is 2.12 bits per heavy atom. The third-order valence-electron chi connectivity index (χ3n) is 6.19. The Morgan fingerprint density at radius 2 is 1.56 bits per heavy atom. The molecule has 168 valence electrons. The van der Waals surface area contributed by atoms with Crippen LogP contribution in [0.25, 0.3) is 0 Å². The summed E-state index contributed by atoms with van der Waals surface area (Å²) in [6.07, 6.45) is 3.36. The van der Waals surface area contributed by atoms with Crippen molar-refractivity contribution in [3.63, 3.8) is 0 Å². The first kappa shape index (κ1) is 21.8. The lowest BCUT2D eigenvalue weighted by atomic mass is 9.71.